The fourth-order valence-corrected chi connectivity index (χ4v) is 3.91. The molecule has 0 radical (unpaired) electrons. The second kappa shape index (κ2) is 9.84. The van der Waals surface area contributed by atoms with Gasteiger partial charge >= 0.3 is 6.03 Å². The summed E-state index contributed by atoms with van der Waals surface area (Å²) in [6.45, 7) is 6.04. The van der Waals surface area contributed by atoms with Crippen LogP contribution in [0.5, 0.6) is 5.75 Å². The molecule has 0 aliphatic rings. The Kier molecular flexibility index (Phi) is 6.68. The summed E-state index contributed by atoms with van der Waals surface area (Å²) in [6, 6.07) is 11.9. The van der Waals surface area contributed by atoms with Crippen molar-refractivity contribution in [2.24, 2.45) is 0 Å². The molecule has 2 heterocycles. The van der Waals surface area contributed by atoms with E-state index >= 15 is 0 Å². The molecule has 0 saturated carbocycles. The Hall–Kier alpha value is -4.40. The predicted octanol–water partition coefficient (Wildman–Crippen LogP) is 5.18. The molecule has 4 aromatic rings. The molecule has 0 spiro atoms. The fourth-order valence-electron chi connectivity index (χ4n) is 3.91. The third kappa shape index (κ3) is 4.79. The number of nitrogens with two attached hydrogens (primary N) is 1. The van der Waals surface area contributed by atoms with Gasteiger partial charge in [0.05, 0.1) is 23.7 Å². The molecular weight excluding hydrogens is 444 g/mol. The van der Waals surface area contributed by atoms with Crippen LogP contribution in [-0.4, -0.2) is 33.5 Å². The SMILES string of the molecule is CCC(C)n1cc(C(=O)c2cccc(NC(=O)Nc3cc(C)ccc3OC)c2)c2c(N)ncnc21. The van der Waals surface area contributed by atoms with Gasteiger partial charge < -0.3 is 25.7 Å². The molecule has 35 heavy (non-hydrogen) atoms. The van der Waals surface area contributed by atoms with Gasteiger partial charge in [0.15, 0.2) is 5.78 Å². The van der Waals surface area contributed by atoms with Crippen molar-refractivity contribution in [1.82, 2.24) is 14.5 Å². The number of urea groups is 1. The number of aromatic nitrogens is 3. The zero-order chi connectivity index (χ0) is 25.1. The van der Waals surface area contributed by atoms with Gasteiger partial charge in [0.25, 0.3) is 0 Å². The van der Waals surface area contributed by atoms with Crippen molar-refractivity contribution in [3.05, 3.63) is 71.7 Å². The van der Waals surface area contributed by atoms with Crippen LogP contribution in [0.1, 0.15) is 47.8 Å². The van der Waals surface area contributed by atoms with Crippen LogP contribution < -0.4 is 21.1 Å². The summed E-state index contributed by atoms with van der Waals surface area (Å²) in [5.74, 6) is 0.566. The zero-order valence-electron chi connectivity index (χ0n) is 20.1. The Morgan fingerprint density at radius 1 is 1.14 bits per heavy atom. The number of methoxy groups -OCH3 is 1. The first-order chi connectivity index (χ1) is 16.8. The number of aryl methyl sites for hydroxylation is 1. The first-order valence-electron chi connectivity index (χ1n) is 11.3. The first kappa shape index (κ1) is 23.7. The lowest BCUT2D eigenvalue weighted by Gasteiger charge is -2.12. The lowest BCUT2D eigenvalue weighted by atomic mass is 10.0. The molecule has 2 aromatic heterocycles. The summed E-state index contributed by atoms with van der Waals surface area (Å²) in [5, 5.41) is 6.09. The molecule has 2 amide bonds. The lowest BCUT2D eigenvalue weighted by molar-refractivity contribution is 0.104. The highest BCUT2D eigenvalue weighted by Gasteiger charge is 2.22. The van der Waals surface area contributed by atoms with E-state index in [0.29, 0.717) is 39.3 Å². The van der Waals surface area contributed by atoms with Gasteiger partial charge in [-0.25, -0.2) is 14.8 Å². The Bertz CT molecular complexity index is 1410. The number of nitrogen functional groups attached to an aromatic ring is 1. The van der Waals surface area contributed by atoms with Gasteiger partial charge in [-0.15, -0.1) is 0 Å². The molecule has 9 nitrogen and oxygen atoms in total. The Labute approximate surface area is 203 Å². The number of rotatable bonds is 7. The summed E-state index contributed by atoms with van der Waals surface area (Å²) in [5.41, 5.74) is 9.58. The molecule has 1 unspecified atom stereocenters. The maximum Gasteiger partial charge on any atom is 0.323 e. The number of nitrogens with zero attached hydrogens (tertiary/aromatic N) is 3. The van der Waals surface area contributed by atoms with Crippen molar-refractivity contribution < 1.29 is 14.3 Å². The van der Waals surface area contributed by atoms with Crippen LogP contribution in [0, 0.1) is 6.92 Å². The van der Waals surface area contributed by atoms with E-state index in [-0.39, 0.29) is 17.6 Å². The number of carbonyl (C=O) groups excluding carboxylic acids is 2. The molecular formula is C26H28N6O3. The third-order valence-corrected chi connectivity index (χ3v) is 5.93. The Balaban J connectivity index is 1.61. The van der Waals surface area contributed by atoms with E-state index in [9.17, 15) is 9.59 Å². The number of benzene rings is 2. The third-order valence-electron chi connectivity index (χ3n) is 5.93. The second-order valence-corrected chi connectivity index (χ2v) is 8.36. The number of fused-ring (bicyclic) bond motifs is 1. The van der Waals surface area contributed by atoms with Gasteiger partial charge in [-0.1, -0.05) is 25.1 Å². The molecule has 4 rings (SSSR count). The number of nitrogens with one attached hydrogen (secondary N) is 2. The van der Waals surface area contributed by atoms with Crippen LogP contribution in [0.2, 0.25) is 0 Å². The quantitative estimate of drug-likeness (QED) is 0.319. The Morgan fingerprint density at radius 2 is 1.94 bits per heavy atom. The number of hydrogen-bond donors (Lipinski definition) is 3. The molecule has 0 aliphatic heterocycles. The molecule has 0 saturated heterocycles. The molecule has 0 fully saturated rings. The van der Waals surface area contributed by atoms with Crippen LogP contribution in [0.25, 0.3) is 11.0 Å². The molecule has 0 aliphatic carbocycles. The highest BCUT2D eigenvalue weighted by molar-refractivity contribution is 6.18. The monoisotopic (exact) mass is 472 g/mol. The standard InChI is InChI=1S/C26H28N6O3/c1-5-16(3)32-13-19(22-24(27)28-14-29-25(22)32)23(33)17-7-6-8-18(12-17)30-26(34)31-20-11-15(2)9-10-21(20)35-4/h6-14,16H,5H2,1-4H3,(H2,27,28,29)(H2,30,31,34). The molecule has 4 N–H and O–H groups in total. The average molecular weight is 473 g/mol. The van der Waals surface area contributed by atoms with Crippen LogP contribution in [0.4, 0.5) is 22.0 Å². The van der Waals surface area contributed by atoms with Gasteiger partial charge in [0, 0.05) is 23.5 Å². The number of hydrogen-bond acceptors (Lipinski definition) is 6. The minimum Gasteiger partial charge on any atom is -0.495 e. The minimum atomic E-state index is -0.454. The summed E-state index contributed by atoms with van der Waals surface area (Å²) < 4.78 is 7.26. The van der Waals surface area contributed by atoms with E-state index in [1.165, 1.54) is 6.33 Å². The summed E-state index contributed by atoms with van der Waals surface area (Å²) >= 11 is 0. The van der Waals surface area contributed by atoms with E-state index < -0.39 is 6.03 Å². The number of ether oxygens (including phenoxy) is 1. The van der Waals surface area contributed by atoms with Crippen molar-refractivity contribution in [3.63, 3.8) is 0 Å². The molecule has 2 aromatic carbocycles. The molecule has 0 bridgehead atoms. The van der Waals surface area contributed by atoms with Crippen LogP contribution in [-0.2, 0) is 0 Å². The van der Waals surface area contributed by atoms with Crippen molar-refractivity contribution in [3.8, 4) is 5.75 Å². The highest BCUT2D eigenvalue weighted by Crippen LogP contribution is 2.30. The number of amides is 2. The largest absolute Gasteiger partial charge is 0.495 e. The van der Waals surface area contributed by atoms with Crippen molar-refractivity contribution >= 4 is 40.0 Å². The smallest absolute Gasteiger partial charge is 0.323 e. The second-order valence-electron chi connectivity index (χ2n) is 8.36. The fraction of sp³-hybridized carbons (Fsp3) is 0.231. The summed E-state index contributed by atoms with van der Waals surface area (Å²) in [4.78, 5) is 34.6. The predicted molar refractivity (Wildman–Crippen MR) is 137 cm³/mol. The maximum absolute atomic E-state index is 13.5. The van der Waals surface area contributed by atoms with E-state index in [4.69, 9.17) is 10.5 Å². The van der Waals surface area contributed by atoms with Gasteiger partial charge in [-0.05, 0) is 50.1 Å². The lowest BCUT2D eigenvalue weighted by Crippen LogP contribution is -2.20. The first-order valence-corrected chi connectivity index (χ1v) is 11.3. The summed E-state index contributed by atoms with van der Waals surface area (Å²) in [7, 11) is 1.54. The summed E-state index contributed by atoms with van der Waals surface area (Å²) in [6.07, 6.45) is 4.04. The zero-order valence-corrected chi connectivity index (χ0v) is 20.1. The van der Waals surface area contributed by atoms with Gasteiger partial charge in [0.1, 0.15) is 23.5 Å². The van der Waals surface area contributed by atoms with Gasteiger partial charge in [0.2, 0.25) is 0 Å². The van der Waals surface area contributed by atoms with E-state index in [1.807, 2.05) is 23.6 Å². The topological polar surface area (TPSA) is 124 Å². The number of anilines is 3. The molecule has 180 valence electrons. The van der Waals surface area contributed by atoms with E-state index in [2.05, 4.69) is 34.4 Å². The van der Waals surface area contributed by atoms with E-state index in [1.54, 1.807) is 43.6 Å². The normalized spacial score (nSPS) is 11.8. The molecule has 9 heteroatoms. The average Bonchev–Trinajstić information content (AvgIpc) is 3.24. The Morgan fingerprint density at radius 3 is 2.69 bits per heavy atom. The van der Waals surface area contributed by atoms with Crippen molar-refractivity contribution in [1.29, 1.82) is 0 Å². The molecule has 1 atom stereocenters. The van der Waals surface area contributed by atoms with Crippen molar-refractivity contribution in [2.75, 3.05) is 23.5 Å². The van der Waals surface area contributed by atoms with Crippen LogP contribution >= 0.6 is 0 Å². The van der Waals surface area contributed by atoms with E-state index in [0.717, 1.165) is 12.0 Å². The van der Waals surface area contributed by atoms with Crippen molar-refractivity contribution in [2.45, 2.75) is 33.2 Å². The minimum absolute atomic E-state index is 0.128. The van der Waals surface area contributed by atoms with Crippen LogP contribution in [0.3, 0.4) is 0 Å². The number of ketones is 1. The maximum atomic E-state index is 13.5. The highest BCUT2D eigenvalue weighted by atomic mass is 16.5. The van der Waals surface area contributed by atoms with Crippen LogP contribution in [0.15, 0.2) is 55.0 Å². The van der Waals surface area contributed by atoms with Gasteiger partial charge in [-0.2, -0.15) is 0 Å². The van der Waals surface area contributed by atoms with Gasteiger partial charge in [-0.3, -0.25) is 4.79 Å². The number of carbonyl (C=O) groups is 2.